The quantitative estimate of drug-likeness (QED) is 0.386. The highest BCUT2D eigenvalue weighted by Crippen LogP contribution is 2.03. The predicted octanol–water partition coefficient (Wildman–Crippen LogP) is 2.89. The Bertz CT molecular complexity index is 115. The molecule has 0 aliphatic rings. The van der Waals surface area contributed by atoms with Crippen molar-refractivity contribution in [3.8, 4) is 0 Å². The van der Waals surface area contributed by atoms with Crippen molar-refractivity contribution in [2.75, 3.05) is 11.9 Å². The van der Waals surface area contributed by atoms with Gasteiger partial charge in [0.25, 0.3) is 0 Å². The highest BCUT2D eigenvalue weighted by molar-refractivity contribution is 9.09. The Labute approximate surface area is 82.8 Å². The van der Waals surface area contributed by atoms with Crippen LogP contribution in [0.25, 0.3) is 0 Å². The van der Waals surface area contributed by atoms with Crippen LogP contribution in [-0.4, -0.2) is 17.9 Å². The van der Waals surface area contributed by atoms with Crippen molar-refractivity contribution in [3.63, 3.8) is 0 Å². The fourth-order valence-corrected chi connectivity index (χ4v) is 1.08. The monoisotopic (exact) mass is 236 g/mol. The van der Waals surface area contributed by atoms with Crippen LogP contribution in [-0.2, 0) is 9.53 Å². The maximum absolute atomic E-state index is 10.9. The smallest absolute Gasteiger partial charge is 0.305 e. The minimum atomic E-state index is -0.0643. The third kappa shape index (κ3) is 8.05. The van der Waals surface area contributed by atoms with Crippen molar-refractivity contribution in [1.82, 2.24) is 0 Å². The van der Waals surface area contributed by atoms with Crippen molar-refractivity contribution in [3.05, 3.63) is 0 Å². The van der Waals surface area contributed by atoms with Crippen LogP contribution in [0.1, 0.15) is 39.0 Å². The molecule has 0 aromatic carbocycles. The first kappa shape index (κ1) is 11.9. The highest BCUT2D eigenvalue weighted by Gasteiger charge is 2.00. The van der Waals surface area contributed by atoms with E-state index in [0.717, 1.165) is 18.2 Å². The van der Waals surface area contributed by atoms with E-state index < -0.39 is 0 Å². The molecule has 0 heterocycles. The normalized spacial score (nSPS) is 9.83. The van der Waals surface area contributed by atoms with Crippen LogP contribution in [0.3, 0.4) is 0 Å². The Morgan fingerprint density at radius 3 is 2.67 bits per heavy atom. The second-order valence-electron chi connectivity index (χ2n) is 2.72. The highest BCUT2D eigenvalue weighted by atomic mass is 79.9. The first-order valence-electron chi connectivity index (χ1n) is 4.52. The maximum atomic E-state index is 10.9. The number of carbonyl (C=O) groups is 1. The zero-order valence-corrected chi connectivity index (χ0v) is 9.23. The van der Waals surface area contributed by atoms with E-state index in [1.807, 2.05) is 0 Å². The zero-order chi connectivity index (χ0) is 9.23. The van der Waals surface area contributed by atoms with Crippen LogP contribution in [0, 0.1) is 0 Å². The number of esters is 1. The van der Waals surface area contributed by atoms with Crippen molar-refractivity contribution in [1.29, 1.82) is 0 Å². The van der Waals surface area contributed by atoms with E-state index in [1.54, 1.807) is 0 Å². The molecule has 72 valence electrons. The molecule has 12 heavy (non-hydrogen) atoms. The van der Waals surface area contributed by atoms with E-state index in [-0.39, 0.29) is 5.97 Å². The molecule has 0 saturated carbocycles. The molecular formula is C9H17BrO2. The average molecular weight is 237 g/mol. The van der Waals surface area contributed by atoms with Gasteiger partial charge < -0.3 is 4.74 Å². The molecule has 0 bridgehead atoms. The molecule has 0 N–H and O–H groups in total. The Morgan fingerprint density at radius 1 is 1.33 bits per heavy atom. The van der Waals surface area contributed by atoms with Gasteiger partial charge in [0, 0.05) is 11.8 Å². The summed E-state index contributed by atoms with van der Waals surface area (Å²) >= 11 is 3.19. The summed E-state index contributed by atoms with van der Waals surface area (Å²) < 4.78 is 4.89. The lowest BCUT2D eigenvalue weighted by Crippen LogP contribution is -2.05. The molecular weight excluding hydrogens is 220 g/mol. The summed E-state index contributed by atoms with van der Waals surface area (Å²) in [6.45, 7) is 2.65. The summed E-state index contributed by atoms with van der Waals surface area (Å²) in [4.78, 5) is 10.9. The first-order chi connectivity index (χ1) is 5.81. The van der Waals surface area contributed by atoms with Gasteiger partial charge in [0.05, 0.1) is 0 Å². The molecule has 0 atom stereocenters. The fourth-order valence-electron chi connectivity index (χ4n) is 0.921. The summed E-state index contributed by atoms with van der Waals surface area (Å²) in [5.41, 5.74) is 0. The summed E-state index contributed by atoms with van der Waals surface area (Å²) in [6.07, 6.45) is 5.10. The first-order valence-corrected chi connectivity index (χ1v) is 5.65. The number of hydrogen-bond donors (Lipinski definition) is 0. The van der Waals surface area contributed by atoms with Gasteiger partial charge in [-0.2, -0.15) is 0 Å². The number of rotatable bonds is 7. The Kier molecular flexibility index (Phi) is 9.00. The molecule has 0 aliphatic heterocycles. The summed E-state index contributed by atoms with van der Waals surface area (Å²) in [5.74, 6) is -0.0643. The van der Waals surface area contributed by atoms with E-state index in [4.69, 9.17) is 4.74 Å². The Balaban J connectivity index is 3.08. The van der Waals surface area contributed by atoms with Gasteiger partial charge in [-0.1, -0.05) is 42.1 Å². The van der Waals surface area contributed by atoms with Crippen molar-refractivity contribution in [2.45, 2.75) is 39.0 Å². The van der Waals surface area contributed by atoms with Crippen LogP contribution in [0.4, 0.5) is 0 Å². The number of hydrogen-bond acceptors (Lipinski definition) is 2. The second kappa shape index (κ2) is 9.04. The Hall–Kier alpha value is -0.0500. The van der Waals surface area contributed by atoms with Crippen LogP contribution in [0.5, 0.6) is 0 Å². The van der Waals surface area contributed by atoms with Gasteiger partial charge in [-0.15, -0.1) is 0 Å². The van der Waals surface area contributed by atoms with Gasteiger partial charge in [-0.05, 0) is 6.42 Å². The molecule has 0 rings (SSSR count). The second-order valence-corrected chi connectivity index (χ2v) is 3.51. The number of alkyl halides is 1. The number of carbonyl (C=O) groups excluding carboxylic acids is 1. The third-order valence-corrected chi connectivity index (χ3v) is 1.90. The van der Waals surface area contributed by atoms with Gasteiger partial charge in [0.15, 0.2) is 0 Å². The standard InChI is InChI=1S/C9H17BrO2/c1-2-3-4-5-6-9(11)12-8-7-10/h2-8H2,1H3. The lowest BCUT2D eigenvalue weighted by molar-refractivity contribution is -0.143. The van der Waals surface area contributed by atoms with Gasteiger partial charge in [-0.25, -0.2) is 0 Å². The third-order valence-electron chi connectivity index (χ3n) is 1.57. The lowest BCUT2D eigenvalue weighted by atomic mass is 10.2. The Morgan fingerprint density at radius 2 is 2.08 bits per heavy atom. The molecule has 3 heteroatoms. The predicted molar refractivity (Wildman–Crippen MR) is 53.5 cm³/mol. The molecule has 0 aliphatic carbocycles. The van der Waals surface area contributed by atoms with Crippen LogP contribution in [0.2, 0.25) is 0 Å². The molecule has 2 nitrogen and oxygen atoms in total. The number of unbranched alkanes of at least 4 members (excludes halogenated alkanes) is 3. The van der Waals surface area contributed by atoms with E-state index >= 15 is 0 Å². The van der Waals surface area contributed by atoms with Gasteiger partial charge in [0.2, 0.25) is 0 Å². The molecule has 0 amide bonds. The molecule has 0 spiro atoms. The SMILES string of the molecule is CCCCCCC(=O)OCCBr. The van der Waals surface area contributed by atoms with Gasteiger partial charge >= 0.3 is 5.97 Å². The average Bonchev–Trinajstić information content (AvgIpc) is 2.09. The topological polar surface area (TPSA) is 26.3 Å². The van der Waals surface area contributed by atoms with Crippen LogP contribution < -0.4 is 0 Å². The largest absolute Gasteiger partial charge is 0.465 e. The van der Waals surface area contributed by atoms with Gasteiger partial charge in [0.1, 0.15) is 6.61 Å². The summed E-state index contributed by atoms with van der Waals surface area (Å²) in [7, 11) is 0. The molecule has 0 saturated heterocycles. The van der Waals surface area contributed by atoms with E-state index in [2.05, 4.69) is 22.9 Å². The minimum absolute atomic E-state index is 0.0643. The maximum Gasteiger partial charge on any atom is 0.305 e. The molecule has 0 aromatic heterocycles. The lowest BCUT2D eigenvalue weighted by Gasteiger charge is -2.01. The number of ether oxygens (including phenoxy) is 1. The summed E-state index contributed by atoms with van der Waals surface area (Å²) in [5, 5.41) is 0.730. The van der Waals surface area contributed by atoms with E-state index in [0.29, 0.717) is 13.0 Å². The zero-order valence-electron chi connectivity index (χ0n) is 7.64. The van der Waals surface area contributed by atoms with Gasteiger partial charge in [-0.3, -0.25) is 4.79 Å². The molecule has 0 unspecified atom stereocenters. The van der Waals surface area contributed by atoms with Crippen LogP contribution >= 0.6 is 15.9 Å². The molecule has 0 radical (unpaired) electrons. The molecule has 0 aromatic rings. The summed E-state index contributed by atoms with van der Waals surface area (Å²) in [6, 6.07) is 0. The van der Waals surface area contributed by atoms with E-state index in [1.165, 1.54) is 12.8 Å². The van der Waals surface area contributed by atoms with Crippen molar-refractivity contribution in [2.24, 2.45) is 0 Å². The van der Waals surface area contributed by atoms with Crippen molar-refractivity contribution < 1.29 is 9.53 Å². The number of halogens is 1. The van der Waals surface area contributed by atoms with Crippen molar-refractivity contribution >= 4 is 21.9 Å². The molecule has 0 fully saturated rings. The fraction of sp³-hybridized carbons (Fsp3) is 0.889. The van der Waals surface area contributed by atoms with Crippen LogP contribution in [0.15, 0.2) is 0 Å². The van der Waals surface area contributed by atoms with E-state index in [9.17, 15) is 4.79 Å². The minimum Gasteiger partial charge on any atom is -0.465 e.